The Morgan fingerprint density at radius 2 is 1.87 bits per heavy atom. The van der Waals surface area contributed by atoms with Crippen LogP contribution in [0, 0.1) is 0 Å². The lowest BCUT2D eigenvalue weighted by atomic mass is 9.95. The molecule has 0 aliphatic carbocycles. The summed E-state index contributed by atoms with van der Waals surface area (Å²) in [6.07, 6.45) is 1.27. The minimum Gasteiger partial charge on any atom is -0.362 e. The van der Waals surface area contributed by atoms with Gasteiger partial charge in [0.05, 0.1) is 12.1 Å². The van der Waals surface area contributed by atoms with Crippen molar-refractivity contribution in [3.63, 3.8) is 0 Å². The standard InChI is InChI=1S/C21H28ClN5O3/c1-2-25-9-11-26(12-10-25)19(29)14-27-8-7-21(6-5-18(27)28)23-17-4-3-15(22)13-16(17)20(30)24-21/h3-4,13,23H,2,5-12,14H2,1H3,(H,24,30)/t21-/m1/s1. The number of nitrogens with zero attached hydrogens (tertiary/aromatic N) is 3. The Kier molecular flexibility index (Phi) is 5.88. The maximum atomic E-state index is 12.8. The van der Waals surface area contributed by atoms with E-state index in [0.717, 1.165) is 19.6 Å². The molecule has 0 aromatic heterocycles. The molecule has 2 fully saturated rings. The molecule has 0 unspecified atom stereocenters. The number of nitrogens with one attached hydrogen (secondary N) is 2. The average molecular weight is 434 g/mol. The molecule has 3 amide bonds. The topological polar surface area (TPSA) is 85.0 Å². The van der Waals surface area contributed by atoms with Crippen LogP contribution in [0.1, 0.15) is 36.5 Å². The van der Waals surface area contributed by atoms with E-state index >= 15 is 0 Å². The monoisotopic (exact) mass is 433 g/mol. The molecule has 162 valence electrons. The number of benzene rings is 1. The molecular formula is C21H28ClN5O3. The molecule has 1 aromatic carbocycles. The highest BCUT2D eigenvalue weighted by molar-refractivity contribution is 6.31. The summed E-state index contributed by atoms with van der Waals surface area (Å²) in [7, 11) is 0. The molecule has 1 spiro atoms. The molecule has 9 heteroatoms. The Morgan fingerprint density at radius 1 is 1.10 bits per heavy atom. The molecule has 2 N–H and O–H groups in total. The third-order valence-electron chi connectivity index (χ3n) is 6.38. The molecule has 1 atom stereocenters. The quantitative estimate of drug-likeness (QED) is 0.752. The summed E-state index contributed by atoms with van der Waals surface area (Å²) < 4.78 is 0. The number of likely N-dealkylation sites (N-methyl/N-ethyl adjacent to an activating group) is 1. The molecule has 1 aromatic rings. The first-order chi connectivity index (χ1) is 14.4. The molecule has 0 saturated carbocycles. The van der Waals surface area contributed by atoms with Gasteiger partial charge in [-0.2, -0.15) is 0 Å². The summed E-state index contributed by atoms with van der Waals surface area (Å²) >= 11 is 6.01. The van der Waals surface area contributed by atoms with Crippen LogP contribution in [0.5, 0.6) is 0 Å². The number of fused-ring (bicyclic) bond motifs is 1. The van der Waals surface area contributed by atoms with Crippen LogP contribution in [0.3, 0.4) is 0 Å². The van der Waals surface area contributed by atoms with E-state index in [2.05, 4.69) is 22.5 Å². The fourth-order valence-electron chi connectivity index (χ4n) is 4.43. The second-order valence-electron chi connectivity index (χ2n) is 8.23. The first-order valence-corrected chi connectivity index (χ1v) is 10.9. The van der Waals surface area contributed by atoms with Gasteiger partial charge in [-0.05, 0) is 31.2 Å². The number of rotatable bonds is 3. The van der Waals surface area contributed by atoms with E-state index in [4.69, 9.17) is 11.6 Å². The SMILES string of the molecule is CCN1CCN(C(=O)CN2CC[C@@]3(CCC2=O)NC(=O)c2cc(Cl)ccc2N3)CC1. The summed E-state index contributed by atoms with van der Waals surface area (Å²) in [6.45, 7) is 6.77. The Labute approximate surface area is 181 Å². The van der Waals surface area contributed by atoms with Crippen molar-refractivity contribution in [2.45, 2.75) is 31.8 Å². The number of halogens is 1. The van der Waals surface area contributed by atoms with Crippen molar-refractivity contribution < 1.29 is 14.4 Å². The molecule has 0 bridgehead atoms. The van der Waals surface area contributed by atoms with Crippen molar-refractivity contribution in [2.75, 3.05) is 51.1 Å². The molecule has 3 aliphatic heterocycles. The number of anilines is 1. The zero-order chi connectivity index (χ0) is 21.3. The number of carbonyl (C=O) groups excluding carboxylic acids is 3. The lowest BCUT2D eigenvalue weighted by Gasteiger charge is -2.40. The van der Waals surface area contributed by atoms with Gasteiger partial charge in [0, 0.05) is 56.3 Å². The Hall–Kier alpha value is -2.32. The second-order valence-corrected chi connectivity index (χ2v) is 8.67. The van der Waals surface area contributed by atoms with E-state index in [1.807, 2.05) is 4.90 Å². The molecular weight excluding hydrogens is 406 g/mol. The van der Waals surface area contributed by atoms with Crippen molar-refractivity contribution in [3.05, 3.63) is 28.8 Å². The van der Waals surface area contributed by atoms with E-state index in [1.54, 1.807) is 23.1 Å². The van der Waals surface area contributed by atoms with Crippen LogP contribution in [0.2, 0.25) is 5.02 Å². The fourth-order valence-corrected chi connectivity index (χ4v) is 4.61. The molecule has 8 nitrogen and oxygen atoms in total. The second kappa shape index (κ2) is 8.43. The third-order valence-corrected chi connectivity index (χ3v) is 6.61. The molecule has 3 heterocycles. The van der Waals surface area contributed by atoms with Gasteiger partial charge in [-0.1, -0.05) is 18.5 Å². The van der Waals surface area contributed by atoms with Crippen LogP contribution in [-0.4, -0.2) is 83.9 Å². The normalized spacial score (nSPS) is 24.9. The first kappa shape index (κ1) is 20.9. The molecule has 4 rings (SSSR count). The maximum absolute atomic E-state index is 12.8. The van der Waals surface area contributed by atoms with E-state index in [1.165, 1.54) is 0 Å². The van der Waals surface area contributed by atoms with E-state index in [0.29, 0.717) is 48.7 Å². The zero-order valence-corrected chi connectivity index (χ0v) is 18.0. The van der Waals surface area contributed by atoms with Crippen molar-refractivity contribution in [1.29, 1.82) is 0 Å². The number of hydrogen-bond donors (Lipinski definition) is 2. The highest BCUT2D eigenvalue weighted by Gasteiger charge is 2.41. The Morgan fingerprint density at radius 3 is 2.60 bits per heavy atom. The highest BCUT2D eigenvalue weighted by Crippen LogP contribution is 2.33. The maximum Gasteiger partial charge on any atom is 0.255 e. The van der Waals surface area contributed by atoms with E-state index in [-0.39, 0.29) is 30.7 Å². The van der Waals surface area contributed by atoms with Gasteiger partial charge in [0.15, 0.2) is 0 Å². The van der Waals surface area contributed by atoms with Crippen molar-refractivity contribution in [2.24, 2.45) is 0 Å². The summed E-state index contributed by atoms with van der Waals surface area (Å²) in [5, 5.41) is 6.95. The number of amides is 3. The number of likely N-dealkylation sites (tertiary alicyclic amines) is 1. The van der Waals surface area contributed by atoms with Gasteiger partial charge in [-0.3, -0.25) is 14.4 Å². The lowest BCUT2D eigenvalue weighted by Crippen LogP contribution is -2.58. The van der Waals surface area contributed by atoms with Gasteiger partial charge in [0.25, 0.3) is 5.91 Å². The average Bonchev–Trinajstić information content (AvgIpc) is 2.89. The summed E-state index contributed by atoms with van der Waals surface area (Å²) in [5.74, 6) is -0.252. The summed E-state index contributed by atoms with van der Waals surface area (Å²) in [6, 6.07) is 5.17. The van der Waals surface area contributed by atoms with Crippen LogP contribution < -0.4 is 10.6 Å². The van der Waals surface area contributed by atoms with Crippen LogP contribution in [0.25, 0.3) is 0 Å². The highest BCUT2D eigenvalue weighted by atomic mass is 35.5. The van der Waals surface area contributed by atoms with Gasteiger partial charge in [-0.15, -0.1) is 0 Å². The largest absolute Gasteiger partial charge is 0.362 e. The molecule has 0 radical (unpaired) electrons. The Bertz CT molecular complexity index is 855. The summed E-state index contributed by atoms with van der Waals surface area (Å²) in [4.78, 5) is 43.9. The number of piperazine rings is 1. The van der Waals surface area contributed by atoms with Gasteiger partial charge < -0.3 is 25.3 Å². The van der Waals surface area contributed by atoms with Crippen molar-refractivity contribution in [1.82, 2.24) is 20.0 Å². The minimum absolute atomic E-state index is 0.00400. The first-order valence-electron chi connectivity index (χ1n) is 10.6. The van der Waals surface area contributed by atoms with Gasteiger partial charge in [-0.25, -0.2) is 0 Å². The number of hydrogen-bond acceptors (Lipinski definition) is 5. The van der Waals surface area contributed by atoms with Crippen LogP contribution >= 0.6 is 11.6 Å². The smallest absolute Gasteiger partial charge is 0.255 e. The van der Waals surface area contributed by atoms with Crippen LogP contribution in [0.15, 0.2) is 18.2 Å². The van der Waals surface area contributed by atoms with Gasteiger partial charge in [0.1, 0.15) is 5.66 Å². The molecule has 30 heavy (non-hydrogen) atoms. The predicted molar refractivity (Wildman–Crippen MR) is 114 cm³/mol. The van der Waals surface area contributed by atoms with Gasteiger partial charge in [0.2, 0.25) is 11.8 Å². The minimum atomic E-state index is -0.696. The van der Waals surface area contributed by atoms with E-state index in [9.17, 15) is 14.4 Å². The molecule has 3 aliphatic rings. The number of carbonyl (C=O) groups is 3. The summed E-state index contributed by atoms with van der Waals surface area (Å²) in [5.41, 5.74) is 0.522. The third kappa shape index (κ3) is 4.25. The van der Waals surface area contributed by atoms with E-state index < -0.39 is 5.66 Å². The van der Waals surface area contributed by atoms with Crippen molar-refractivity contribution in [3.8, 4) is 0 Å². The Balaban J connectivity index is 1.40. The fraction of sp³-hybridized carbons (Fsp3) is 0.571. The van der Waals surface area contributed by atoms with Crippen molar-refractivity contribution >= 4 is 35.0 Å². The lowest BCUT2D eigenvalue weighted by molar-refractivity contribution is -0.141. The zero-order valence-electron chi connectivity index (χ0n) is 17.2. The predicted octanol–water partition coefficient (Wildman–Crippen LogP) is 1.37. The van der Waals surface area contributed by atoms with Crippen LogP contribution in [-0.2, 0) is 9.59 Å². The molecule has 2 saturated heterocycles. The van der Waals surface area contributed by atoms with Gasteiger partial charge >= 0.3 is 0 Å². The van der Waals surface area contributed by atoms with Crippen LogP contribution in [0.4, 0.5) is 5.69 Å².